The van der Waals surface area contributed by atoms with E-state index in [2.05, 4.69) is 22.2 Å². The number of H-pyrrole nitrogens is 1. The van der Waals surface area contributed by atoms with E-state index in [4.69, 9.17) is 4.74 Å². The molecule has 0 spiro atoms. The van der Waals surface area contributed by atoms with Crippen LogP contribution in [0.1, 0.15) is 19.2 Å². The van der Waals surface area contributed by atoms with Gasteiger partial charge in [0, 0.05) is 45.1 Å². The minimum absolute atomic E-state index is 0.505. The van der Waals surface area contributed by atoms with Crippen LogP contribution in [-0.4, -0.2) is 36.3 Å². The summed E-state index contributed by atoms with van der Waals surface area (Å²) >= 11 is 0. The van der Waals surface area contributed by atoms with Gasteiger partial charge in [-0.1, -0.05) is 0 Å². The Kier molecular flexibility index (Phi) is 5.25. The Morgan fingerprint density at radius 2 is 2.50 bits per heavy atom. The molecule has 0 amide bonds. The number of methoxy groups -OCH3 is 1. The predicted octanol–water partition coefficient (Wildman–Crippen LogP) is 0.967. The van der Waals surface area contributed by atoms with Crippen LogP contribution in [0, 0.1) is 0 Å². The van der Waals surface area contributed by atoms with E-state index in [1.165, 1.54) is 0 Å². The summed E-state index contributed by atoms with van der Waals surface area (Å²) in [6.07, 6.45) is 5.63. The molecule has 0 fully saturated rings. The van der Waals surface area contributed by atoms with Gasteiger partial charge in [-0.15, -0.1) is 0 Å². The molecule has 1 rings (SSSR count). The Hall–Kier alpha value is -0.870. The van der Waals surface area contributed by atoms with Crippen molar-refractivity contribution in [3.8, 4) is 0 Å². The molecule has 1 atom stereocenters. The third-order valence-corrected chi connectivity index (χ3v) is 2.16. The lowest BCUT2D eigenvalue weighted by Gasteiger charge is -2.12. The lowest BCUT2D eigenvalue weighted by molar-refractivity contribution is 0.185. The Labute approximate surface area is 85.1 Å². The Bertz CT molecular complexity index is 223. The molecule has 14 heavy (non-hydrogen) atoms. The first-order valence-corrected chi connectivity index (χ1v) is 5.03. The summed E-state index contributed by atoms with van der Waals surface area (Å²) in [6.45, 7) is 3.94. The van der Waals surface area contributed by atoms with Gasteiger partial charge in [-0.2, -0.15) is 0 Å². The maximum atomic E-state index is 5.01. The molecule has 1 aromatic rings. The summed E-state index contributed by atoms with van der Waals surface area (Å²) in [5.74, 6) is 1.04. The lowest BCUT2D eigenvalue weighted by atomic mass is 10.2. The van der Waals surface area contributed by atoms with Gasteiger partial charge in [-0.05, 0) is 13.3 Å². The van der Waals surface area contributed by atoms with E-state index in [0.29, 0.717) is 6.04 Å². The van der Waals surface area contributed by atoms with Crippen molar-refractivity contribution >= 4 is 0 Å². The highest BCUT2D eigenvalue weighted by Gasteiger charge is 2.00. The third-order valence-electron chi connectivity index (χ3n) is 2.16. The number of imidazole rings is 1. The minimum Gasteiger partial charge on any atom is -0.385 e. The molecule has 4 heteroatoms. The van der Waals surface area contributed by atoms with E-state index in [9.17, 15) is 0 Å². The molecule has 0 radical (unpaired) electrons. The summed E-state index contributed by atoms with van der Waals surface area (Å²) < 4.78 is 5.01. The molecule has 0 aromatic carbocycles. The van der Waals surface area contributed by atoms with Crippen molar-refractivity contribution in [3.63, 3.8) is 0 Å². The molecule has 80 valence electrons. The van der Waals surface area contributed by atoms with Gasteiger partial charge < -0.3 is 15.0 Å². The topological polar surface area (TPSA) is 49.9 Å². The van der Waals surface area contributed by atoms with Crippen LogP contribution in [0.2, 0.25) is 0 Å². The van der Waals surface area contributed by atoms with E-state index in [1.807, 2.05) is 6.20 Å². The van der Waals surface area contributed by atoms with Crippen molar-refractivity contribution in [1.29, 1.82) is 0 Å². The molecule has 0 aliphatic carbocycles. The second-order valence-electron chi connectivity index (χ2n) is 3.42. The first kappa shape index (κ1) is 11.2. The average molecular weight is 197 g/mol. The molecule has 0 saturated carbocycles. The number of aromatic nitrogens is 2. The van der Waals surface area contributed by atoms with Gasteiger partial charge in [0.05, 0.1) is 0 Å². The number of hydrogen-bond donors (Lipinski definition) is 2. The first-order valence-electron chi connectivity index (χ1n) is 5.03. The van der Waals surface area contributed by atoms with Crippen molar-refractivity contribution in [2.75, 3.05) is 20.3 Å². The summed E-state index contributed by atoms with van der Waals surface area (Å²) in [5.41, 5.74) is 0. The predicted molar refractivity (Wildman–Crippen MR) is 56.2 cm³/mol. The van der Waals surface area contributed by atoms with Crippen molar-refractivity contribution in [2.24, 2.45) is 0 Å². The van der Waals surface area contributed by atoms with E-state index in [-0.39, 0.29) is 0 Å². The second kappa shape index (κ2) is 6.56. The highest BCUT2D eigenvalue weighted by atomic mass is 16.5. The van der Waals surface area contributed by atoms with E-state index in [1.54, 1.807) is 13.3 Å². The maximum absolute atomic E-state index is 5.01. The zero-order valence-electron chi connectivity index (χ0n) is 8.92. The Morgan fingerprint density at radius 1 is 1.64 bits per heavy atom. The smallest absolute Gasteiger partial charge is 0.107 e. The van der Waals surface area contributed by atoms with Crippen molar-refractivity contribution < 1.29 is 4.74 Å². The molecule has 2 N–H and O–H groups in total. The zero-order chi connectivity index (χ0) is 10.2. The number of aromatic amines is 1. The van der Waals surface area contributed by atoms with Gasteiger partial charge in [0.25, 0.3) is 0 Å². The van der Waals surface area contributed by atoms with Gasteiger partial charge in [-0.3, -0.25) is 0 Å². The van der Waals surface area contributed by atoms with Crippen LogP contribution in [0.15, 0.2) is 12.4 Å². The van der Waals surface area contributed by atoms with Crippen LogP contribution >= 0.6 is 0 Å². The standard InChI is InChI=1S/C10H19N3O/c1-9(4-8-14-2)11-5-3-10-12-6-7-13-10/h6-7,9,11H,3-5,8H2,1-2H3,(H,12,13). The number of nitrogens with one attached hydrogen (secondary N) is 2. The highest BCUT2D eigenvalue weighted by molar-refractivity contribution is 4.87. The monoisotopic (exact) mass is 197 g/mol. The van der Waals surface area contributed by atoms with Crippen molar-refractivity contribution in [2.45, 2.75) is 25.8 Å². The average Bonchev–Trinajstić information content (AvgIpc) is 2.67. The van der Waals surface area contributed by atoms with Gasteiger partial charge in [-0.25, -0.2) is 4.98 Å². The van der Waals surface area contributed by atoms with E-state index in [0.717, 1.165) is 31.8 Å². The normalized spacial score (nSPS) is 13.0. The zero-order valence-corrected chi connectivity index (χ0v) is 8.92. The third kappa shape index (κ3) is 4.39. The highest BCUT2D eigenvalue weighted by Crippen LogP contribution is 1.92. The van der Waals surface area contributed by atoms with Gasteiger partial charge in [0.1, 0.15) is 5.82 Å². The molecule has 0 aliphatic heterocycles. The van der Waals surface area contributed by atoms with Gasteiger partial charge in [0.15, 0.2) is 0 Å². The van der Waals surface area contributed by atoms with Crippen LogP contribution in [-0.2, 0) is 11.2 Å². The fourth-order valence-corrected chi connectivity index (χ4v) is 1.27. The van der Waals surface area contributed by atoms with Crippen LogP contribution in [0.3, 0.4) is 0 Å². The van der Waals surface area contributed by atoms with E-state index < -0.39 is 0 Å². The van der Waals surface area contributed by atoms with Crippen molar-refractivity contribution in [3.05, 3.63) is 18.2 Å². The van der Waals surface area contributed by atoms with Crippen LogP contribution in [0.5, 0.6) is 0 Å². The molecular weight excluding hydrogens is 178 g/mol. The quantitative estimate of drug-likeness (QED) is 0.684. The number of rotatable bonds is 7. The molecule has 1 aromatic heterocycles. The summed E-state index contributed by atoms with van der Waals surface area (Å²) in [4.78, 5) is 7.23. The van der Waals surface area contributed by atoms with Gasteiger partial charge in [0.2, 0.25) is 0 Å². The second-order valence-corrected chi connectivity index (χ2v) is 3.42. The molecule has 0 bridgehead atoms. The Balaban J connectivity index is 2.03. The largest absolute Gasteiger partial charge is 0.385 e. The molecule has 1 unspecified atom stereocenters. The number of ether oxygens (including phenoxy) is 1. The van der Waals surface area contributed by atoms with E-state index >= 15 is 0 Å². The van der Waals surface area contributed by atoms with Crippen molar-refractivity contribution in [1.82, 2.24) is 15.3 Å². The fraction of sp³-hybridized carbons (Fsp3) is 0.700. The van der Waals surface area contributed by atoms with Crippen LogP contribution < -0.4 is 5.32 Å². The number of nitrogens with zero attached hydrogens (tertiary/aromatic N) is 1. The molecule has 1 heterocycles. The summed E-state index contributed by atoms with van der Waals surface area (Å²) in [7, 11) is 1.73. The number of hydrogen-bond acceptors (Lipinski definition) is 3. The molecular formula is C10H19N3O. The Morgan fingerprint density at radius 3 is 3.14 bits per heavy atom. The first-order chi connectivity index (χ1) is 6.83. The molecule has 4 nitrogen and oxygen atoms in total. The lowest BCUT2D eigenvalue weighted by Crippen LogP contribution is -2.29. The maximum Gasteiger partial charge on any atom is 0.107 e. The molecule has 0 aliphatic rings. The van der Waals surface area contributed by atoms with Crippen LogP contribution in [0.4, 0.5) is 0 Å². The van der Waals surface area contributed by atoms with Crippen LogP contribution in [0.25, 0.3) is 0 Å². The fourth-order valence-electron chi connectivity index (χ4n) is 1.27. The summed E-state index contributed by atoms with van der Waals surface area (Å²) in [6, 6.07) is 0.505. The minimum atomic E-state index is 0.505. The SMILES string of the molecule is COCCC(C)NCCc1ncc[nH]1. The summed E-state index contributed by atoms with van der Waals surface area (Å²) in [5, 5.41) is 3.42. The molecule has 0 saturated heterocycles. The van der Waals surface area contributed by atoms with Gasteiger partial charge >= 0.3 is 0 Å².